The molecule has 38 heavy (non-hydrogen) atoms. The maximum absolute atomic E-state index is 14.0. The van der Waals surface area contributed by atoms with Crippen LogP contribution in [0.4, 0.5) is 45.8 Å². The number of hydrogen-bond donors (Lipinski definition) is 0. The molecule has 0 atom stereocenters. The maximum Gasteiger partial charge on any atom is 0.417 e. The number of nitriles is 5. The van der Waals surface area contributed by atoms with Gasteiger partial charge in [-0.1, -0.05) is 19.4 Å². The molecular weight excluding hydrogens is 563 g/mol. The average Bonchev–Trinajstić information content (AvgIpc) is 2.77. The van der Waals surface area contributed by atoms with E-state index in [-0.39, 0.29) is 18.2 Å². The summed E-state index contributed by atoms with van der Waals surface area (Å²) in [6.45, 7) is 0. The lowest BCUT2D eigenvalue weighted by Crippen LogP contribution is -2.28. The number of benzene rings is 2. The van der Waals surface area contributed by atoms with Gasteiger partial charge in [-0.2, -0.15) is 52.7 Å². The van der Waals surface area contributed by atoms with E-state index in [4.69, 9.17) is 15.8 Å². The van der Waals surface area contributed by atoms with Crippen LogP contribution in [-0.2, 0) is 12.4 Å². The molecule has 0 N–H and O–H groups in total. The van der Waals surface area contributed by atoms with Gasteiger partial charge in [0, 0.05) is 10.4 Å². The Balaban J connectivity index is 3.50. The van der Waals surface area contributed by atoms with E-state index in [2.05, 4.69) is 0 Å². The lowest BCUT2D eigenvalue weighted by molar-refractivity contribution is -0.143. The fourth-order valence-electron chi connectivity index (χ4n) is 3.18. The number of halogens is 11. The van der Waals surface area contributed by atoms with E-state index in [0.29, 0.717) is 6.07 Å². The minimum absolute atomic E-state index is 0.250. The van der Waals surface area contributed by atoms with Crippen LogP contribution in [0.15, 0.2) is 29.2 Å². The normalized spacial score (nSPS) is 14.4. The zero-order valence-electron chi connectivity index (χ0n) is 17.6. The molecule has 0 fully saturated rings. The largest absolute Gasteiger partial charge is 0.417 e. The van der Waals surface area contributed by atoms with Gasteiger partial charge in [0.05, 0.1) is 33.9 Å². The first-order valence-corrected chi connectivity index (χ1v) is 11.0. The second-order valence-electron chi connectivity index (χ2n) is 7.12. The van der Waals surface area contributed by atoms with Crippen LogP contribution in [0, 0.1) is 56.7 Å². The lowest BCUT2D eigenvalue weighted by Gasteiger charge is -2.41. The van der Waals surface area contributed by atoms with Crippen molar-refractivity contribution in [3.63, 3.8) is 0 Å². The summed E-state index contributed by atoms with van der Waals surface area (Å²) in [5.74, 6) is 0. The third-order valence-electron chi connectivity index (χ3n) is 4.66. The van der Waals surface area contributed by atoms with E-state index in [1.165, 1.54) is 0 Å². The molecule has 0 aromatic heterocycles. The van der Waals surface area contributed by atoms with Gasteiger partial charge in [0.15, 0.2) is 0 Å². The monoisotopic (exact) mass is 567 g/mol. The Kier molecular flexibility index (Phi) is 6.49. The minimum atomic E-state index is -11.1. The number of rotatable bonds is 2. The molecule has 0 saturated carbocycles. The van der Waals surface area contributed by atoms with Crippen LogP contribution in [0.5, 0.6) is 0 Å². The van der Waals surface area contributed by atoms with E-state index in [1.54, 1.807) is 0 Å². The molecule has 17 heteroatoms. The molecule has 0 aliphatic rings. The smallest absolute Gasteiger partial charge is 0.192 e. The molecule has 0 saturated heterocycles. The van der Waals surface area contributed by atoms with Gasteiger partial charge >= 0.3 is 22.6 Å². The van der Waals surface area contributed by atoms with Crippen molar-refractivity contribution in [2.75, 3.05) is 0 Å². The van der Waals surface area contributed by atoms with Crippen molar-refractivity contribution in [3.8, 4) is 30.3 Å². The molecule has 0 spiro atoms. The van der Waals surface area contributed by atoms with Crippen LogP contribution in [0.25, 0.3) is 11.1 Å². The molecule has 2 aromatic rings. The Hall–Kier alpha value is -4.79. The summed E-state index contributed by atoms with van der Waals surface area (Å²) in [7, 11) is -11.1. The minimum Gasteiger partial charge on any atom is -0.192 e. The van der Waals surface area contributed by atoms with Gasteiger partial charge in [-0.3, -0.25) is 0 Å². The van der Waals surface area contributed by atoms with Gasteiger partial charge in [0.25, 0.3) is 0 Å². The highest BCUT2D eigenvalue weighted by Crippen LogP contribution is 3.01. The molecule has 0 heterocycles. The van der Waals surface area contributed by atoms with E-state index in [1.807, 2.05) is 0 Å². The highest BCUT2D eigenvalue weighted by molar-refractivity contribution is 8.45. The van der Waals surface area contributed by atoms with E-state index in [0.717, 1.165) is 24.3 Å². The molecule has 0 unspecified atom stereocenters. The van der Waals surface area contributed by atoms with Gasteiger partial charge in [0.2, 0.25) is 0 Å². The molecule has 196 valence electrons. The summed E-state index contributed by atoms with van der Waals surface area (Å²) in [5.41, 5.74) is -13.0. The Morgan fingerprint density at radius 1 is 0.658 bits per heavy atom. The summed E-state index contributed by atoms with van der Waals surface area (Å²) in [6, 6.07) is 3.66. The number of hydrogen-bond acceptors (Lipinski definition) is 5. The van der Waals surface area contributed by atoms with Crippen molar-refractivity contribution in [1.82, 2.24) is 0 Å². The Labute approximate surface area is 204 Å². The summed E-state index contributed by atoms with van der Waals surface area (Å²) in [6.07, 6.45) is -11.5. The molecule has 5 nitrogen and oxygen atoms in total. The molecule has 0 amide bonds. The summed E-state index contributed by atoms with van der Waals surface area (Å²) in [5, 5.41) is 42.2. The Morgan fingerprint density at radius 2 is 1.13 bits per heavy atom. The average molecular weight is 567 g/mol. The van der Waals surface area contributed by atoms with Crippen molar-refractivity contribution >= 4 is 21.4 Å². The van der Waals surface area contributed by atoms with Gasteiger partial charge in [0.1, 0.15) is 34.7 Å². The molecule has 2 aromatic carbocycles. The van der Waals surface area contributed by atoms with Crippen LogP contribution in [-0.4, -0.2) is 0 Å². The maximum atomic E-state index is 14.0. The second-order valence-corrected chi connectivity index (χ2v) is 9.49. The second kappa shape index (κ2) is 8.37. The number of nitrogens with zero attached hydrogens (tertiary/aromatic N) is 5. The molecule has 0 bridgehead atoms. The standard InChI is InChI=1S/C21H4F11N5S/c22-20(23,24)16-2-11(3-17(15(16)9-37)21(25,26)27)14(8-36)19-12(5-33)1-10(13(6-34)7-35)4-18(19)38(28,29,30,31)32/h1-4H/b19-14+. The highest BCUT2D eigenvalue weighted by Gasteiger charge is 2.66. The van der Waals surface area contributed by atoms with Crippen LogP contribution in [0.1, 0.15) is 27.8 Å². The van der Waals surface area contributed by atoms with Crippen LogP contribution in [0.2, 0.25) is 0 Å². The van der Waals surface area contributed by atoms with Crippen molar-refractivity contribution in [3.05, 3.63) is 62.5 Å². The lowest BCUT2D eigenvalue weighted by atomic mass is 9.92. The molecule has 2 rings (SSSR count). The molecular formula is C21H4F11N5S. The van der Waals surface area contributed by atoms with Gasteiger partial charge in [-0.25, -0.2) is 0 Å². The van der Waals surface area contributed by atoms with E-state index < -0.39 is 82.9 Å². The van der Waals surface area contributed by atoms with Crippen LogP contribution >= 0.6 is 10.2 Å². The van der Waals surface area contributed by atoms with Gasteiger partial charge in [-0.15, -0.1) is 0 Å². The van der Waals surface area contributed by atoms with E-state index >= 15 is 0 Å². The first-order chi connectivity index (χ1) is 17.0. The van der Waals surface area contributed by atoms with Crippen LogP contribution < -0.4 is 10.4 Å². The van der Waals surface area contributed by atoms with Crippen LogP contribution in [0.3, 0.4) is 0 Å². The fourth-order valence-corrected chi connectivity index (χ4v) is 4.13. The topological polar surface area (TPSA) is 119 Å². The van der Waals surface area contributed by atoms with Crippen molar-refractivity contribution in [2.45, 2.75) is 17.2 Å². The quantitative estimate of drug-likeness (QED) is 0.410. The number of alkyl halides is 6. The molecule has 0 radical (unpaired) electrons. The van der Waals surface area contributed by atoms with Crippen molar-refractivity contribution in [2.24, 2.45) is 0 Å². The predicted octanol–water partition coefficient (Wildman–Crippen LogP) is 6.05. The van der Waals surface area contributed by atoms with Crippen molar-refractivity contribution < 1.29 is 45.8 Å². The first-order valence-electron chi connectivity index (χ1n) is 9.04. The summed E-state index contributed by atoms with van der Waals surface area (Å²) in [4.78, 5) is -3.12. The molecule has 0 aliphatic carbocycles. The first kappa shape index (κ1) is 29.4. The molecule has 0 aliphatic heterocycles. The van der Waals surface area contributed by atoms with E-state index in [9.17, 15) is 56.3 Å². The Morgan fingerprint density at radius 3 is 1.45 bits per heavy atom. The van der Waals surface area contributed by atoms with Gasteiger partial charge in [-0.05, 0) is 29.8 Å². The third kappa shape index (κ3) is 5.62. The fraction of sp³-hybridized carbons (Fsp3) is 0.0952. The van der Waals surface area contributed by atoms with Gasteiger partial charge < -0.3 is 0 Å². The summed E-state index contributed by atoms with van der Waals surface area (Å²) >= 11 is 0. The zero-order chi connectivity index (χ0) is 29.5. The SMILES string of the molecule is N#CC(C#N)=c1cc(C#N)/c(=C(/C#N)c2cc(C(F)(F)F)c(C#N)c(C(F)(F)F)c2)c(S(F)(F)(F)(F)F)c1. The van der Waals surface area contributed by atoms with Crippen molar-refractivity contribution in [1.29, 1.82) is 26.3 Å². The predicted molar refractivity (Wildman–Crippen MR) is 106 cm³/mol. The zero-order valence-corrected chi connectivity index (χ0v) is 18.4. The third-order valence-corrected chi connectivity index (χ3v) is 5.82. The Bertz CT molecular complexity index is 1670. The summed E-state index contributed by atoms with van der Waals surface area (Å²) < 4.78 is 151. The highest BCUT2D eigenvalue weighted by atomic mass is 32.5.